The van der Waals surface area contributed by atoms with Crippen molar-refractivity contribution in [2.24, 2.45) is 0 Å². The van der Waals surface area contributed by atoms with Crippen LogP contribution in [-0.2, 0) is 11.3 Å². The molecule has 0 aliphatic heterocycles. The molecule has 0 bridgehead atoms. The van der Waals surface area contributed by atoms with E-state index in [0.29, 0.717) is 6.54 Å². The summed E-state index contributed by atoms with van der Waals surface area (Å²) in [4.78, 5) is 24.7. The zero-order valence-corrected chi connectivity index (χ0v) is 16.4. The molecule has 148 valence electrons. The monoisotopic (exact) mass is 388 g/mol. The second-order valence-electron chi connectivity index (χ2n) is 6.94. The summed E-state index contributed by atoms with van der Waals surface area (Å²) in [5.74, 6) is -0.326. The van der Waals surface area contributed by atoms with Gasteiger partial charge in [0.05, 0.1) is 0 Å². The lowest BCUT2D eigenvalue weighted by Gasteiger charge is -2.20. The molecule has 0 saturated heterocycles. The summed E-state index contributed by atoms with van der Waals surface area (Å²) >= 11 is 0. The molecule has 1 atom stereocenters. The van der Waals surface area contributed by atoms with Crippen LogP contribution in [0.2, 0.25) is 0 Å². The van der Waals surface area contributed by atoms with Gasteiger partial charge in [-0.2, -0.15) is 0 Å². The van der Waals surface area contributed by atoms with E-state index in [9.17, 15) is 9.59 Å². The lowest BCUT2D eigenvalue weighted by atomic mass is 9.98. The second-order valence-corrected chi connectivity index (χ2v) is 6.94. The van der Waals surface area contributed by atoms with Gasteiger partial charge in [-0.15, -0.1) is 0 Å². The summed E-state index contributed by atoms with van der Waals surface area (Å²) in [5, 5.41) is 7.13. The van der Waals surface area contributed by atoms with Gasteiger partial charge < -0.3 is 10.6 Å². The molecule has 0 heterocycles. The fraction of sp³-hybridized carbons (Fsp3) is 0.167. The number of amides is 3. The first-order valence-electron chi connectivity index (χ1n) is 9.71. The third-order valence-corrected chi connectivity index (χ3v) is 4.74. The van der Waals surface area contributed by atoms with Crippen molar-refractivity contribution in [1.82, 2.24) is 10.6 Å². The van der Waals surface area contributed by atoms with Crippen molar-refractivity contribution in [3.8, 4) is 0 Å². The summed E-state index contributed by atoms with van der Waals surface area (Å²) < 4.78 is 0. The van der Waals surface area contributed by atoms with Crippen molar-refractivity contribution in [1.29, 1.82) is 0 Å². The van der Waals surface area contributed by atoms with Crippen LogP contribution in [0, 0.1) is 0 Å². The molecule has 29 heavy (non-hydrogen) atoms. The average molecular weight is 388 g/mol. The van der Waals surface area contributed by atoms with Crippen LogP contribution < -0.4 is 16.0 Å². The fourth-order valence-corrected chi connectivity index (χ4v) is 3.16. The van der Waals surface area contributed by atoms with Gasteiger partial charge in [-0.25, -0.2) is 4.79 Å². The number of imide groups is 1. The molecule has 3 aromatic carbocycles. The minimum Gasteiger partial charge on any atom is -0.334 e. The van der Waals surface area contributed by atoms with Crippen molar-refractivity contribution in [2.75, 3.05) is 0 Å². The molecule has 0 aliphatic rings. The Morgan fingerprint density at radius 3 is 1.79 bits per heavy atom. The molecule has 0 saturated carbocycles. The molecular weight excluding hydrogens is 362 g/mol. The van der Waals surface area contributed by atoms with E-state index >= 15 is 0 Å². The number of carbonyl (C=O) groups is 2. The Balaban J connectivity index is 1.61. The molecule has 0 spiro atoms. The first-order valence-corrected chi connectivity index (χ1v) is 9.71. The van der Waals surface area contributed by atoms with Crippen LogP contribution in [0.3, 0.4) is 0 Å². The number of hydrogen-bond donors (Lipinski definition) is 3. The first-order chi connectivity index (χ1) is 14.1. The standard InChI is InChI=1S/C24H25N3O2/c1-18(23(28)27-24(29)25-17-19-11-5-2-6-12-19)26-22(20-13-7-3-8-14-20)21-15-9-4-10-16-21/h2-16,18,22,26H,17H2,1H3,(H2,25,27,28,29)/p+1/t18-/m0/s1. The van der Waals surface area contributed by atoms with E-state index in [-0.39, 0.29) is 11.9 Å². The average Bonchev–Trinajstić information content (AvgIpc) is 2.77. The van der Waals surface area contributed by atoms with Gasteiger partial charge in [0, 0.05) is 17.7 Å². The highest BCUT2D eigenvalue weighted by molar-refractivity contribution is 5.96. The summed E-state index contributed by atoms with van der Waals surface area (Å²) in [6, 6.07) is 28.7. The number of carbonyl (C=O) groups excluding carboxylic acids is 2. The van der Waals surface area contributed by atoms with Crippen molar-refractivity contribution in [3.05, 3.63) is 108 Å². The number of nitrogens with one attached hydrogen (secondary N) is 2. The van der Waals surface area contributed by atoms with E-state index < -0.39 is 12.1 Å². The Morgan fingerprint density at radius 1 is 0.793 bits per heavy atom. The molecule has 0 radical (unpaired) electrons. The van der Waals surface area contributed by atoms with Crippen molar-refractivity contribution >= 4 is 11.9 Å². The third-order valence-electron chi connectivity index (χ3n) is 4.74. The lowest BCUT2D eigenvalue weighted by Crippen LogP contribution is -2.93. The van der Waals surface area contributed by atoms with Crippen LogP contribution in [-0.4, -0.2) is 18.0 Å². The molecule has 4 N–H and O–H groups in total. The number of rotatable bonds is 7. The maximum Gasteiger partial charge on any atom is 0.321 e. The van der Waals surface area contributed by atoms with E-state index in [4.69, 9.17) is 0 Å². The van der Waals surface area contributed by atoms with Crippen LogP contribution in [0.5, 0.6) is 0 Å². The molecule has 0 unspecified atom stereocenters. The van der Waals surface area contributed by atoms with E-state index in [0.717, 1.165) is 16.7 Å². The molecule has 0 aliphatic carbocycles. The van der Waals surface area contributed by atoms with Crippen molar-refractivity contribution in [3.63, 3.8) is 0 Å². The zero-order valence-electron chi connectivity index (χ0n) is 16.4. The molecule has 5 nitrogen and oxygen atoms in total. The van der Waals surface area contributed by atoms with Crippen LogP contribution in [0.1, 0.15) is 29.7 Å². The molecule has 3 amide bonds. The summed E-state index contributed by atoms with van der Waals surface area (Å²) in [6.07, 6.45) is 0. The minimum atomic E-state index is -0.491. The Labute approximate surface area is 171 Å². The fourth-order valence-electron chi connectivity index (χ4n) is 3.16. The summed E-state index contributed by atoms with van der Waals surface area (Å²) in [7, 11) is 0. The minimum absolute atomic E-state index is 0.0365. The van der Waals surface area contributed by atoms with E-state index in [1.807, 2.05) is 96.3 Å². The Morgan fingerprint density at radius 2 is 1.28 bits per heavy atom. The van der Waals surface area contributed by atoms with E-state index in [1.54, 1.807) is 6.92 Å². The molecule has 0 aromatic heterocycles. The van der Waals surface area contributed by atoms with Gasteiger partial charge in [-0.05, 0) is 12.5 Å². The van der Waals surface area contributed by atoms with Gasteiger partial charge in [0.25, 0.3) is 5.91 Å². The van der Waals surface area contributed by atoms with Crippen LogP contribution in [0.4, 0.5) is 4.79 Å². The molecule has 5 heteroatoms. The van der Waals surface area contributed by atoms with E-state index in [1.165, 1.54) is 0 Å². The molecule has 3 aromatic rings. The third kappa shape index (κ3) is 6.02. The Hall–Kier alpha value is -3.44. The highest BCUT2D eigenvalue weighted by atomic mass is 16.2. The van der Waals surface area contributed by atoms with Gasteiger partial charge in [0.15, 0.2) is 6.04 Å². The Kier molecular flexibility index (Phi) is 7.14. The summed E-state index contributed by atoms with van der Waals surface area (Å²) in [5.41, 5.74) is 3.18. The van der Waals surface area contributed by atoms with Crippen LogP contribution in [0.15, 0.2) is 91.0 Å². The number of quaternary nitrogens is 1. The van der Waals surface area contributed by atoms with Gasteiger partial charge >= 0.3 is 6.03 Å². The number of hydrogen-bond acceptors (Lipinski definition) is 2. The van der Waals surface area contributed by atoms with Crippen LogP contribution in [0.25, 0.3) is 0 Å². The number of urea groups is 1. The normalized spacial score (nSPS) is 11.7. The van der Waals surface area contributed by atoms with Crippen LogP contribution >= 0.6 is 0 Å². The second kappa shape index (κ2) is 10.2. The smallest absolute Gasteiger partial charge is 0.321 e. The van der Waals surface area contributed by atoms with Crippen molar-refractivity contribution < 1.29 is 14.9 Å². The largest absolute Gasteiger partial charge is 0.334 e. The number of nitrogens with two attached hydrogens (primary N) is 1. The quantitative estimate of drug-likeness (QED) is 0.582. The Bertz CT molecular complexity index is 875. The van der Waals surface area contributed by atoms with Gasteiger partial charge in [-0.3, -0.25) is 10.1 Å². The highest BCUT2D eigenvalue weighted by Crippen LogP contribution is 2.17. The van der Waals surface area contributed by atoms with Gasteiger partial charge in [0.2, 0.25) is 0 Å². The topological polar surface area (TPSA) is 74.8 Å². The van der Waals surface area contributed by atoms with E-state index in [2.05, 4.69) is 10.6 Å². The maximum absolute atomic E-state index is 12.6. The van der Waals surface area contributed by atoms with Gasteiger partial charge in [0.1, 0.15) is 6.04 Å². The van der Waals surface area contributed by atoms with Crippen molar-refractivity contribution in [2.45, 2.75) is 25.6 Å². The lowest BCUT2D eigenvalue weighted by molar-refractivity contribution is -0.704. The van der Waals surface area contributed by atoms with Gasteiger partial charge in [-0.1, -0.05) is 91.0 Å². The zero-order chi connectivity index (χ0) is 20.5. The maximum atomic E-state index is 12.6. The molecular formula is C24H26N3O2+. The molecule has 3 rings (SSSR count). The predicted octanol–water partition coefficient (Wildman–Crippen LogP) is 2.75. The number of benzene rings is 3. The SMILES string of the molecule is C[C@H]([NH2+]C(c1ccccc1)c1ccccc1)C(=O)NC(=O)NCc1ccccc1. The predicted molar refractivity (Wildman–Crippen MR) is 113 cm³/mol. The summed E-state index contributed by atoms with van der Waals surface area (Å²) in [6.45, 7) is 2.17. The molecule has 0 fully saturated rings. The first kappa shape index (κ1) is 20.3. The highest BCUT2D eigenvalue weighted by Gasteiger charge is 2.25.